The lowest BCUT2D eigenvalue weighted by atomic mass is 9.97. The zero-order valence-electron chi connectivity index (χ0n) is 14.9. The normalized spacial score (nSPS) is 18.1. The average Bonchev–Trinajstić information content (AvgIpc) is 3.34. The van der Waals surface area contributed by atoms with Crippen molar-refractivity contribution in [3.63, 3.8) is 0 Å². The number of pyridine rings is 1. The molecular formula is C19H23N5OS. The molecule has 0 aromatic carbocycles. The standard InChI is InChI=1S/C19H23N5OS/c1-25-18-4-5-20-16(9-18)11-23-7-2-3-15(10-23)19-21-6-8-24(19)12-17-13-26-14-22-17/h4-6,8-9,13-15H,2-3,7,10-12H2,1H3/t15-/m1/s1. The van der Waals surface area contributed by atoms with E-state index in [-0.39, 0.29) is 0 Å². The molecule has 1 aliphatic rings. The van der Waals surface area contributed by atoms with Crippen LogP contribution in [0.2, 0.25) is 0 Å². The van der Waals surface area contributed by atoms with Crippen molar-refractivity contribution in [2.24, 2.45) is 0 Å². The molecule has 26 heavy (non-hydrogen) atoms. The molecule has 1 saturated heterocycles. The topological polar surface area (TPSA) is 56.1 Å². The number of thiazole rings is 1. The fourth-order valence-electron chi connectivity index (χ4n) is 3.61. The molecule has 3 aromatic rings. The maximum atomic E-state index is 5.31. The number of methoxy groups -OCH3 is 1. The van der Waals surface area contributed by atoms with Crippen molar-refractivity contribution in [1.29, 1.82) is 0 Å². The van der Waals surface area contributed by atoms with Crippen molar-refractivity contribution in [3.8, 4) is 5.75 Å². The lowest BCUT2D eigenvalue weighted by Crippen LogP contribution is -2.35. The first-order valence-corrected chi connectivity index (χ1v) is 9.85. The van der Waals surface area contributed by atoms with Gasteiger partial charge in [0.15, 0.2) is 0 Å². The van der Waals surface area contributed by atoms with E-state index in [1.54, 1.807) is 18.4 Å². The first-order chi connectivity index (χ1) is 12.8. The highest BCUT2D eigenvalue weighted by atomic mass is 32.1. The minimum absolute atomic E-state index is 0.447. The van der Waals surface area contributed by atoms with Gasteiger partial charge in [-0.25, -0.2) is 9.97 Å². The number of hydrogen-bond acceptors (Lipinski definition) is 6. The summed E-state index contributed by atoms with van der Waals surface area (Å²) in [7, 11) is 1.69. The summed E-state index contributed by atoms with van der Waals surface area (Å²) in [5.74, 6) is 2.48. The number of rotatable bonds is 6. The summed E-state index contributed by atoms with van der Waals surface area (Å²) in [5.41, 5.74) is 4.04. The van der Waals surface area contributed by atoms with E-state index >= 15 is 0 Å². The molecule has 0 bridgehead atoms. The summed E-state index contributed by atoms with van der Waals surface area (Å²) < 4.78 is 7.56. The average molecular weight is 369 g/mol. The van der Waals surface area contributed by atoms with Gasteiger partial charge in [-0.2, -0.15) is 0 Å². The van der Waals surface area contributed by atoms with Crippen LogP contribution in [0.25, 0.3) is 0 Å². The van der Waals surface area contributed by atoms with Gasteiger partial charge >= 0.3 is 0 Å². The second-order valence-electron chi connectivity index (χ2n) is 6.65. The molecule has 7 heteroatoms. The van der Waals surface area contributed by atoms with Crippen molar-refractivity contribution >= 4 is 11.3 Å². The van der Waals surface area contributed by atoms with Crippen LogP contribution in [0, 0.1) is 0 Å². The highest BCUT2D eigenvalue weighted by Gasteiger charge is 2.25. The number of likely N-dealkylation sites (tertiary alicyclic amines) is 1. The lowest BCUT2D eigenvalue weighted by Gasteiger charge is -2.32. The van der Waals surface area contributed by atoms with E-state index in [2.05, 4.69) is 36.0 Å². The smallest absolute Gasteiger partial charge is 0.122 e. The van der Waals surface area contributed by atoms with Crippen LogP contribution in [-0.4, -0.2) is 44.6 Å². The Balaban J connectivity index is 1.44. The molecule has 0 aliphatic carbocycles. The first kappa shape index (κ1) is 17.2. The van der Waals surface area contributed by atoms with Crippen LogP contribution < -0.4 is 4.74 Å². The van der Waals surface area contributed by atoms with Gasteiger partial charge in [0.05, 0.1) is 30.6 Å². The molecule has 0 spiro atoms. The highest BCUT2D eigenvalue weighted by molar-refractivity contribution is 7.07. The van der Waals surface area contributed by atoms with Gasteiger partial charge in [-0.05, 0) is 25.5 Å². The van der Waals surface area contributed by atoms with Gasteiger partial charge in [-0.15, -0.1) is 11.3 Å². The maximum absolute atomic E-state index is 5.31. The Hall–Kier alpha value is -2.25. The van der Waals surface area contributed by atoms with Crippen molar-refractivity contribution in [1.82, 2.24) is 24.4 Å². The van der Waals surface area contributed by atoms with Gasteiger partial charge in [-0.1, -0.05) is 0 Å². The summed E-state index contributed by atoms with van der Waals surface area (Å²) in [6, 6.07) is 3.91. The monoisotopic (exact) mass is 369 g/mol. The summed E-state index contributed by atoms with van der Waals surface area (Å²) in [6.45, 7) is 3.75. The van der Waals surface area contributed by atoms with E-state index < -0.39 is 0 Å². The molecule has 3 aromatic heterocycles. The zero-order chi connectivity index (χ0) is 17.8. The van der Waals surface area contributed by atoms with E-state index in [4.69, 9.17) is 4.74 Å². The summed E-state index contributed by atoms with van der Waals surface area (Å²) in [6.07, 6.45) is 8.14. The Labute approximate surface area is 157 Å². The van der Waals surface area contributed by atoms with Gasteiger partial charge in [0, 0.05) is 49.0 Å². The lowest BCUT2D eigenvalue weighted by molar-refractivity contribution is 0.192. The third-order valence-corrected chi connectivity index (χ3v) is 5.48. The van der Waals surface area contributed by atoms with Crippen LogP contribution in [0.4, 0.5) is 0 Å². The number of imidazole rings is 1. The van der Waals surface area contributed by atoms with Crippen molar-refractivity contribution < 1.29 is 4.74 Å². The molecule has 1 fully saturated rings. The van der Waals surface area contributed by atoms with Crippen molar-refractivity contribution in [2.45, 2.75) is 31.8 Å². The number of ether oxygens (including phenoxy) is 1. The molecule has 136 valence electrons. The number of aromatic nitrogens is 4. The largest absolute Gasteiger partial charge is 0.497 e. The predicted octanol–water partition coefficient (Wildman–Crippen LogP) is 3.17. The molecule has 0 amide bonds. The molecule has 1 aliphatic heterocycles. The Morgan fingerprint density at radius 2 is 2.15 bits per heavy atom. The predicted molar refractivity (Wildman–Crippen MR) is 101 cm³/mol. The van der Waals surface area contributed by atoms with Crippen LogP contribution in [0.5, 0.6) is 5.75 Å². The summed E-state index contributed by atoms with van der Waals surface area (Å²) in [5, 5.41) is 2.10. The van der Waals surface area contributed by atoms with Crippen LogP contribution in [0.1, 0.15) is 36.0 Å². The van der Waals surface area contributed by atoms with E-state index in [9.17, 15) is 0 Å². The van der Waals surface area contributed by atoms with E-state index in [1.165, 1.54) is 18.7 Å². The van der Waals surface area contributed by atoms with Crippen molar-refractivity contribution in [3.05, 3.63) is 58.8 Å². The minimum Gasteiger partial charge on any atom is -0.497 e. The molecule has 4 rings (SSSR count). The molecule has 0 radical (unpaired) electrons. The number of piperidine rings is 1. The van der Waals surface area contributed by atoms with Gasteiger partial charge in [-0.3, -0.25) is 9.88 Å². The molecule has 0 unspecified atom stereocenters. The quantitative estimate of drug-likeness (QED) is 0.668. The molecule has 1 atom stereocenters. The number of hydrogen-bond donors (Lipinski definition) is 0. The number of nitrogens with zero attached hydrogens (tertiary/aromatic N) is 5. The van der Waals surface area contributed by atoms with Gasteiger partial charge in [0.2, 0.25) is 0 Å². The Morgan fingerprint density at radius 3 is 3.00 bits per heavy atom. The van der Waals surface area contributed by atoms with E-state index in [0.29, 0.717) is 5.92 Å². The zero-order valence-corrected chi connectivity index (χ0v) is 15.7. The van der Waals surface area contributed by atoms with Crippen LogP contribution in [0.3, 0.4) is 0 Å². The van der Waals surface area contributed by atoms with E-state index in [1.807, 2.05) is 30.0 Å². The van der Waals surface area contributed by atoms with Gasteiger partial charge in [0.1, 0.15) is 11.6 Å². The van der Waals surface area contributed by atoms with E-state index in [0.717, 1.165) is 43.3 Å². The summed E-state index contributed by atoms with van der Waals surface area (Å²) >= 11 is 1.64. The van der Waals surface area contributed by atoms with Crippen LogP contribution in [0.15, 0.2) is 41.6 Å². The highest BCUT2D eigenvalue weighted by Crippen LogP contribution is 2.27. The Kier molecular flexibility index (Phi) is 5.26. The fourth-order valence-corrected chi connectivity index (χ4v) is 4.16. The molecular weight excluding hydrogens is 346 g/mol. The third kappa shape index (κ3) is 3.94. The molecule has 6 nitrogen and oxygen atoms in total. The molecule has 0 saturated carbocycles. The third-order valence-electron chi connectivity index (χ3n) is 4.84. The van der Waals surface area contributed by atoms with Crippen LogP contribution in [-0.2, 0) is 13.1 Å². The fraction of sp³-hybridized carbons (Fsp3) is 0.421. The second-order valence-corrected chi connectivity index (χ2v) is 7.37. The SMILES string of the molecule is COc1ccnc(CN2CCC[C@@H](c3nccn3Cc3cscn3)C2)c1. The molecule has 4 heterocycles. The van der Waals surface area contributed by atoms with Gasteiger partial charge < -0.3 is 9.30 Å². The second kappa shape index (κ2) is 7.97. The Bertz CT molecular complexity index is 832. The van der Waals surface area contributed by atoms with Gasteiger partial charge in [0.25, 0.3) is 0 Å². The Morgan fingerprint density at radius 1 is 1.19 bits per heavy atom. The summed E-state index contributed by atoms with van der Waals surface area (Å²) in [4.78, 5) is 16.0. The van der Waals surface area contributed by atoms with Crippen LogP contribution >= 0.6 is 11.3 Å². The first-order valence-electron chi connectivity index (χ1n) is 8.91. The molecule has 0 N–H and O–H groups in total. The van der Waals surface area contributed by atoms with Crippen molar-refractivity contribution in [2.75, 3.05) is 20.2 Å². The minimum atomic E-state index is 0.447. The maximum Gasteiger partial charge on any atom is 0.122 e.